The lowest BCUT2D eigenvalue weighted by molar-refractivity contribution is 0.215. The van der Waals surface area contributed by atoms with Gasteiger partial charge in [-0.05, 0) is 43.0 Å². The Morgan fingerprint density at radius 3 is 2.44 bits per heavy atom. The van der Waals surface area contributed by atoms with Gasteiger partial charge in [-0.2, -0.15) is 0 Å². The van der Waals surface area contributed by atoms with Crippen LogP contribution in [0.5, 0.6) is 0 Å². The fourth-order valence-electron chi connectivity index (χ4n) is 2.05. The van der Waals surface area contributed by atoms with E-state index in [9.17, 15) is 5.11 Å². The maximum atomic E-state index is 9.37. The van der Waals surface area contributed by atoms with Crippen LogP contribution < -0.4 is 5.32 Å². The van der Waals surface area contributed by atoms with Crippen molar-refractivity contribution in [2.45, 2.75) is 39.3 Å². The summed E-state index contributed by atoms with van der Waals surface area (Å²) in [6.45, 7) is 6.43. The molecular weight excluding hydrogens is 269 g/mol. The standard InChI is InChI=1S/C14H21Cl2NO/c1-9(2)6-12(8-18)17-10(3)13-7-11(15)4-5-14(13)16/h4-5,7,9-10,12,17-18H,6,8H2,1-3H3. The van der Waals surface area contributed by atoms with Crippen molar-refractivity contribution in [1.82, 2.24) is 5.32 Å². The number of aliphatic hydroxyl groups is 1. The van der Waals surface area contributed by atoms with Gasteiger partial charge in [0.2, 0.25) is 0 Å². The molecule has 1 aromatic rings. The number of benzene rings is 1. The molecule has 2 N–H and O–H groups in total. The number of hydrogen-bond acceptors (Lipinski definition) is 2. The van der Waals surface area contributed by atoms with Gasteiger partial charge in [-0.25, -0.2) is 0 Å². The second-order valence-corrected chi connectivity index (χ2v) is 5.91. The largest absolute Gasteiger partial charge is 0.395 e. The molecule has 0 amide bonds. The molecule has 0 fully saturated rings. The van der Waals surface area contributed by atoms with E-state index in [2.05, 4.69) is 19.2 Å². The number of rotatable bonds is 6. The van der Waals surface area contributed by atoms with E-state index < -0.39 is 0 Å². The van der Waals surface area contributed by atoms with Gasteiger partial charge in [0.25, 0.3) is 0 Å². The topological polar surface area (TPSA) is 32.3 Å². The van der Waals surface area contributed by atoms with E-state index >= 15 is 0 Å². The molecule has 0 aliphatic carbocycles. The SMILES string of the molecule is CC(C)CC(CO)NC(C)c1cc(Cl)ccc1Cl. The van der Waals surface area contributed by atoms with Crippen molar-refractivity contribution in [3.63, 3.8) is 0 Å². The molecule has 18 heavy (non-hydrogen) atoms. The van der Waals surface area contributed by atoms with Gasteiger partial charge in [-0.15, -0.1) is 0 Å². The number of halogens is 2. The van der Waals surface area contributed by atoms with E-state index in [0.717, 1.165) is 12.0 Å². The summed E-state index contributed by atoms with van der Waals surface area (Å²) >= 11 is 12.1. The average Bonchev–Trinajstić information content (AvgIpc) is 2.30. The zero-order valence-corrected chi connectivity index (χ0v) is 12.6. The van der Waals surface area contributed by atoms with E-state index in [0.29, 0.717) is 16.0 Å². The molecule has 0 aliphatic heterocycles. The van der Waals surface area contributed by atoms with E-state index in [1.807, 2.05) is 13.0 Å². The predicted octanol–water partition coefficient (Wildman–Crippen LogP) is 4.05. The van der Waals surface area contributed by atoms with E-state index in [1.165, 1.54) is 0 Å². The van der Waals surface area contributed by atoms with Crippen molar-refractivity contribution in [3.8, 4) is 0 Å². The lowest BCUT2D eigenvalue weighted by Crippen LogP contribution is -2.35. The first-order valence-electron chi connectivity index (χ1n) is 6.26. The van der Waals surface area contributed by atoms with Crippen molar-refractivity contribution in [2.24, 2.45) is 5.92 Å². The summed E-state index contributed by atoms with van der Waals surface area (Å²) in [7, 11) is 0. The summed E-state index contributed by atoms with van der Waals surface area (Å²) in [6, 6.07) is 5.58. The highest BCUT2D eigenvalue weighted by Gasteiger charge is 2.16. The van der Waals surface area contributed by atoms with Gasteiger partial charge in [0.05, 0.1) is 6.61 Å². The van der Waals surface area contributed by atoms with Gasteiger partial charge in [-0.3, -0.25) is 0 Å². The lowest BCUT2D eigenvalue weighted by atomic mass is 10.0. The molecule has 0 saturated carbocycles. The number of nitrogens with one attached hydrogen (secondary N) is 1. The Balaban J connectivity index is 2.74. The van der Waals surface area contributed by atoms with Gasteiger partial charge in [-0.1, -0.05) is 37.0 Å². The molecule has 0 saturated heterocycles. The van der Waals surface area contributed by atoms with Crippen molar-refractivity contribution >= 4 is 23.2 Å². The van der Waals surface area contributed by atoms with Crippen LogP contribution in [-0.4, -0.2) is 17.8 Å². The Bertz CT molecular complexity index is 382. The zero-order valence-electron chi connectivity index (χ0n) is 11.1. The van der Waals surface area contributed by atoms with Crippen LogP contribution in [0.3, 0.4) is 0 Å². The predicted molar refractivity (Wildman–Crippen MR) is 78.3 cm³/mol. The molecule has 2 nitrogen and oxygen atoms in total. The Kier molecular flexibility index (Phi) is 6.44. The van der Waals surface area contributed by atoms with Gasteiger partial charge >= 0.3 is 0 Å². The van der Waals surface area contributed by atoms with Crippen LogP contribution >= 0.6 is 23.2 Å². The normalized spacial score (nSPS) is 14.8. The van der Waals surface area contributed by atoms with Gasteiger partial charge in [0.15, 0.2) is 0 Å². The minimum Gasteiger partial charge on any atom is -0.395 e. The molecule has 4 heteroatoms. The first-order chi connectivity index (χ1) is 8.43. The first-order valence-corrected chi connectivity index (χ1v) is 7.01. The molecule has 1 aromatic carbocycles. The quantitative estimate of drug-likeness (QED) is 0.828. The zero-order chi connectivity index (χ0) is 13.7. The smallest absolute Gasteiger partial charge is 0.0584 e. The maximum absolute atomic E-state index is 9.37. The van der Waals surface area contributed by atoms with Crippen LogP contribution in [0.1, 0.15) is 38.8 Å². The summed E-state index contributed by atoms with van der Waals surface area (Å²) in [5.41, 5.74) is 0.964. The summed E-state index contributed by atoms with van der Waals surface area (Å²) in [5.74, 6) is 0.539. The third-order valence-corrected chi connectivity index (χ3v) is 3.47. The van der Waals surface area contributed by atoms with Crippen LogP contribution in [0.15, 0.2) is 18.2 Å². The molecule has 102 valence electrons. The second kappa shape index (κ2) is 7.34. The number of hydrogen-bond donors (Lipinski definition) is 2. The molecule has 2 atom stereocenters. The van der Waals surface area contributed by atoms with Crippen molar-refractivity contribution in [3.05, 3.63) is 33.8 Å². The van der Waals surface area contributed by atoms with Gasteiger partial charge in [0.1, 0.15) is 0 Å². The molecule has 0 aromatic heterocycles. The molecule has 1 rings (SSSR count). The Morgan fingerprint density at radius 2 is 1.89 bits per heavy atom. The third-order valence-electron chi connectivity index (χ3n) is 2.89. The van der Waals surface area contributed by atoms with Crippen LogP contribution in [-0.2, 0) is 0 Å². The maximum Gasteiger partial charge on any atom is 0.0584 e. The summed E-state index contributed by atoms with van der Waals surface area (Å²) < 4.78 is 0. The minimum absolute atomic E-state index is 0.0621. The fourth-order valence-corrected chi connectivity index (χ4v) is 2.52. The molecule has 0 spiro atoms. The van der Waals surface area contributed by atoms with Crippen LogP contribution in [0.2, 0.25) is 10.0 Å². The molecular formula is C14H21Cl2NO. The van der Waals surface area contributed by atoms with Crippen LogP contribution in [0.4, 0.5) is 0 Å². The molecule has 0 heterocycles. The monoisotopic (exact) mass is 289 g/mol. The third kappa shape index (κ3) is 4.77. The van der Waals surface area contributed by atoms with E-state index in [-0.39, 0.29) is 18.7 Å². The highest BCUT2D eigenvalue weighted by atomic mass is 35.5. The number of aliphatic hydroxyl groups excluding tert-OH is 1. The lowest BCUT2D eigenvalue weighted by Gasteiger charge is -2.24. The summed E-state index contributed by atoms with van der Waals surface area (Å²) in [5, 5.41) is 14.1. The second-order valence-electron chi connectivity index (χ2n) is 5.06. The van der Waals surface area contributed by atoms with E-state index in [1.54, 1.807) is 12.1 Å². The fraction of sp³-hybridized carbons (Fsp3) is 0.571. The first kappa shape index (κ1) is 15.8. The molecule has 0 aliphatic rings. The summed E-state index contributed by atoms with van der Waals surface area (Å²) in [4.78, 5) is 0. The summed E-state index contributed by atoms with van der Waals surface area (Å²) in [6.07, 6.45) is 0.930. The Morgan fingerprint density at radius 1 is 1.22 bits per heavy atom. The van der Waals surface area contributed by atoms with Crippen molar-refractivity contribution in [2.75, 3.05) is 6.61 Å². The Hall–Kier alpha value is -0.280. The molecule has 2 unspecified atom stereocenters. The average molecular weight is 290 g/mol. The van der Waals surface area contributed by atoms with Gasteiger partial charge in [0, 0.05) is 22.1 Å². The van der Waals surface area contributed by atoms with E-state index in [4.69, 9.17) is 23.2 Å². The van der Waals surface area contributed by atoms with Crippen LogP contribution in [0.25, 0.3) is 0 Å². The Labute approximate surface area is 119 Å². The molecule has 0 bridgehead atoms. The van der Waals surface area contributed by atoms with Crippen molar-refractivity contribution < 1.29 is 5.11 Å². The highest BCUT2D eigenvalue weighted by Crippen LogP contribution is 2.26. The minimum atomic E-state index is 0.0621. The highest BCUT2D eigenvalue weighted by molar-refractivity contribution is 6.33. The molecule has 0 radical (unpaired) electrons. The van der Waals surface area contributed by atoms with Crippen molar-refractivity contribution in [1.29, 1.82) is 0 Å². The van der Waals surface area contributed by atoms with Gasteiger partial charge < -0.3 is 10.4 Å². The van der Waals surface area contributed by atoms with Crippen LogP contribution in [0, 0.1) is 5.92 Å².